The fourth-order valence-electron chi connectivity index (χ4n) is 2.82. The molecule has 0 aliphatic rings. The first-order valence-electron chi connectivity index (χ1n) is 8.78. The first-order valence-corrected chi connectivity index (χ1v) is 8.78. The number of ether oxygens (including phenoxy) is 1. The Morgan fingerprint density at radius 3 is 2.20 bits per heavy atom. The quantitative estimate of drug-likeness (QED) is 0.734. The number of rotatable bonds is 8. The largest absolute Gasteiger partial charge is 0.494 e. The summed E-state index contributed by atoms with van der Waals surface area (Å²) < 4.78 is 5.47. The number of amides is 1. The third kappa shape index (κ3) is 5.07. The van der Waals surface area contributed by atoms with E-state index in [0.29, 0.717) is 13.2 Å². The molecule has 1 atom stereocenters. The van der Waals surface area contributed by atoms with E-state index in [0.717, 1.165) is 23.4 Å². The molecular weight excluding hydrogens is 312 g/mol. The molecule has 0 radical (unpaired) electrons. The van der Waals surface area contributed by atoms with Crippen molar-refractivity contribution in [3.8, 4) is 5.75 Å². The minimum absolute atomic E-state index is 0.101. The van der Waals surface area contributed by atoms with Gasteiger partial charge < -0.3 is 9.64 Å². The summed E-state index contributed by atoms with van der Waals surface area (Å²) in [4.78, 5) is 16.9. The number of likely N-dealkylation sites (N-methyl/N-ethyl adjacent to an activating group) is 2. The zero-order valence-electron chi connectivity index (χ0n) is 15.6. The monoisotopic (exact) mass is 340 g/mol. The maximum absolute atomic E-state index is 13.1. The van der Waals surface area contributed by atoms with E-state index in [-0.39, 0.29) is 11.9 Å². The van der Waals surface area contributed by atoms with Crippen molar-refractivity contribution in [3.05, 3.63) is 65.7 Å². The number of nitrogens with zero attached hydrogens (tertiary/aromatic N) is 2. The molecule has 4 heteroatoms. The Morgan fingerprint density at radius 1 is 1.00 bits per heavy atom. The lowest BCUT2D eigenvalue weighted by atomic mass is 10.0. The Kier molecular flexibility index (Phi) is 7.02. The molecule has 2 aromatic rings. The van der Waals surface area contributed by atoms with E-state index in [4.69, 9.17) is 4.74 Å². The van der Waals surface area contributed by atoms with Gasteiger partial charge in [0, 0.05) is 13.6 Å². The van der Waals surface area contributed by atoms with Crippen LogP contribution in [0.25, 0.3) is 0 Å². The van der Waals surface area contributed by atoms with Crippen LogP contribution in [0.4, 0.5) is 0 Å². The van der Waals surface area contributed by atoms with Gasteiger partial charge in [-0.2, -0.15) is 0 Å². The van der Waals surface area contributed by atoms with E-state index in [9.17, 15) is 4.79 Å². The predicted molar refractivity (Wildman–Crippen MR) is 102 cm³/mol. The first-order chi connectivity index (χ1) is 12.1. The lowest BCUT2D eigenvalue weighted by molar-refractivity contribution is -0.136. The molecule has 0 heterocycles. The van der Waals surface area contributed by atoms with Gasteiger partial charge in [-0.25, -0.2) is 0 Å². The van der Waals surface area contributed by atoms with Crippen LogP contribution in [0.15, 0.2) is 54.6 Å². The Bertz CT molecular complexity index is 655. The van der Waals surface area contributed by atoms with E-state index in [1.165, 1.54) is 0 Å². The van der Waals surface area contributed by atoms with E-state index in [2.05, 4.69) is 11.8 Å². The van der Waals surface area contributed by atoms with Gasteiger partial charge in [0.1, 0.15) is 11.8 Å². The van der Waals surface area contributed by atoms with E-state index in [1.807, 2.05) is 75.6 Å². The Morgan fingerprint density at radius 2 is 1.64 bits per heavy atom. The average molecular weight is 340 g/mol. The summed E-state index contributed by atoms with van der Waals surface area (Å²) in [6.07, 6.45) is 0. The summed E-state index contributed by atoms with van der Waals surface area (Å²) >= 11 is 0. The second-order valence-corrected chi connectivity index (χ2v) is 6.16. The highest BCUT2D eigenvalue weighted by atomic mass is 16.5. The van der Waals surface area contributed by atoms with Gasteiger partial charge in [-0.05, 0) is 43.8 Å². The van der Waals surface area contributed by atoms with Gasteiger partial charge in [0.15, 0.2) is 0 Å². The van der Waals surface area contributed by atoms with Crippen molar-refractivity contribution in [2.75, 3.05) is 27.2 Å². The van der Waals surface area contributed by atoms with Crippen LogP contribution in [0.3, 0.4) is 0 Å². The number of carbonyl (C=O) groups excluding carboxylic acids is 1. The molecule has 0 spiro atoms. The standard InChI is InChI=1S/C21H28N2O2/c1-5-22(3)20(18-10-8-7-9-11-18)21(24)23(4)16-17-12-14-19(15-13-17)25-6-2/h7-15,20H,5-6,16H2,1-4H3. The van der Waals surface area contributed by atoms with Gasteiger partial charge in [0.25, 0.3) is 0 Å². The third-order valence-electron chi connectivity index (χ3n) is 4.32. The molecule has 0 aliphatic carbocycles. The Hall–Kier alpha value is -2.33. The maximum atomic E-state index is 13.1. The summed E-state index contributed by atoms with van der Waals surface area (Å²) in [5.41, 5.74) is 2.11. The molecule has 2 rings (SSSR count). The minimum atomic E-state index is -0.265. The molecule has 0 fully saturated rings. The highest BCUT2D eigenvalue weighted by molar-refractivity contribution is 5.83. The van der Waals surface area contributed by atoms with Crippen LogP contribution in [0.1, 0.15) is 31.0 Å². The normalized spacial score (nSPS) is 12.0. The Balaban J connectivity index is 2.12. The molecular formula is C21H28N2O2. The van der Waals surface area contributed by atoms with Crippen molar-refractivity contribution < 1.29 is 9.53 Å². The smallest absolute Gasteiger partial charge is 0.244 e. The molecule has 0 aliphatic heterocycles. The number of hydrogen-bond acceptors (Lipinski definition) is 3. The molecule has 0 saturated heterocycles. The molecule has 0 N–H and O–H groups in total. The van der Waals surface area contributed by atoms with Crippen LogP contribution in [0.2, 0.25) is 0 Å². The lowest BCUT2D eigenvalue weighted by Crippen LogP contribution is -2.39. The van der Waals surface area contributed by atoms with E-state index in [1.54, 1.807) is 4.90 Å². The van der Waals surface area contributed by atoms with Gasteiger partial charge in [0.05, 0.1) is 6.61 Å². The Labute approximate surface area is 151 Å². The molecule has 4 nitrogen and oxygen atoms in total. The summed E-state index contributed by atoms with van der Waals surface area (Å²) in [5, 5.41) is 0. The molecule has 0 aromatic heterocycles. The zero-order valence-corrected chi connectivity index (χ0v) is 15.6. The lowest BCUT2D eigenvalue weighted by Gasteiger charge is -2.30. The van der Waals surface area contributed by atoms with Gasteiger partial charge in [-0.1, -0.05) is 49.4 Å². The molecule has 1 unspecified atom stereocenters. The van der Waals surface area contributed by atoms with Gasteiger partial charge in [-0.15, -0.1) is 0 Å². The third-order valence-corrected chi connectivity index (χ3v) is 4.32. The fourth-order valence-corrected chi connectivity index (χ4v) is 2.82. The fraction of sp³-hybridized carbons (Fsp3) is 0.381. The van der Waals surface area contributed by atoms with E-state index >= 15 is 0 Å². The van der Waals surface area contributed by atoms with Crippen molar-refractivity contribution in [1.82, 2.24) is 9.80 Å². The highest BCUT2D eigenvalue weighted by Gasteiger charge is 2.27. The summed E-state index contributed by atoms with van der Waals surface area (Å²) in [6.45, 7) is 6.07. The van der Waals surface area contributed by atoms with Gasteiger partial charge >= 0.3 is 0 Å². The van der Waals surface area contributed by atoms with Crippen molar-refractivity contribution in [1.29, 1.82) is 0 Å². The highest BCUT2D eigenvalue weighted by Crippen LogP contribution is 2.22. The molecule has 0 saturated carbocycles. The second-order valence-electron chi connectivity index (χ2n) is 6.16. The molecule has 25 heavy (non-hydrogen) atoms. The topological polar surface area (TPSA) is 32.8 Å². The van der Waals surface area contributed by atoms with E-state index < -0.39 is 0 Å². The van der Waals surface area contributed by atoms with Crippen molar-refractivity contribution >= 4 is 5.91 Å². The van der Waals surface area contributed by atoms with Crippen LogP contribution in [-0.2, 0) is 11.3 Å². The molecule has 0 bridgehead atoms. The summed E-state index contributed by atoms with van der Waals surface area (Å²) in [5.74, 6) is 0.956. The first kappa shape index (κ1) is 19.0. The summed E-state index contributed by atoms with van der Waals surface area (Å²) in [6, 6.07) is 17.6. The maximum Gasteiger partial charge on any atom is 0.244 e. The van der Waals surface area contributed by atoms with Crippen LogP contribution >= 0.6 is 0 Å². The van der Waals surface area contributed by atoms with Crippen LogP contribution in [0, 0.1) is 0 Å². The van der Waals surface area contributed by atoms with Gasteiger partial charge in [-0.3, -0.25) is 9.69 Å². The molecule has 1 amide bonds. The van der Waals surface area contributed by atoms with Crippen molar-refractivity contribution in [2.45, 2.75) is 26.4 Å². The van der Waals surface area contributed by atoms with Crippen LogP contribution in [-0.4, -0.2) is 43.0 Å². The SMILES string of the molecule is CCOc1ccc(CN(C)C(=O)C(c2ccccc2)N(C)CC)cc1. The van der Waals surface area contributed by atoms with Gasteiger partial charge in [0.2, 0.25) is 5.91 Å². The van der Waals surface area contributed by atoms with Crippen molar-refractivity contribution in [2.24, 2.45) is 0 Å². The number of benzene rings is 2. The van der Waals surface area contributed by atoms with Crippen molar-refractivity contribution in [3.63, 3.8) is 0 Å². The van der Waals surface area contributed by atoms with Crippen LogP contribution < -0.4 is 4.74 Å². The average Bonchev–Trinajstić information content (AvgIpc) is 2.64. The second kappa shape index (κ2) is 9.23. The molecule has 134 valence electrons. The number of carbonyl (C=O) groups is 1. The van der Waals surface area contributed by atoms with Crippen LogP contribution in [0.5, 0.6) is 5.75 Å². The predicted octanol–water partition coefficient (Wildman–Crippen LogP) is 3.74. The minimum Gasteiger partial charge on any atom is -0.494 e. The number of hydrogen-bond donors (Lipinski definition) is 0. The molecule has 2 aromatic carbocycles. The summed E-state index contributed by atoms with van der Waals surface area (Å²) in [7, 11) is 3.85. The zero-order chi connectivity index (χ0) is 18.2.